The number of aromatic amines is 1. The molecule has 7 nitrogen and oxygen atoms in total. The molecule has 0 saturated carbocycles. The van der Waals surface area contributed by atoms with Crippen LogP contribution in [0, 0.1) is 5.92 Å². The first-order chi connectivity index (χ1) is 14.1. The number of aromatic nitrogens is 3. The molecule has 0 saturated heterocycles. The van der Waals surface area contributed by atoms with Gasteiger partial charge in [0.2, 0.25) is 11.9 Å². The molecule has 0 aliphatic rings. The van der Waals surface area contributed by atoms with Gasteiger partial charge in [-0.25, -0.2) is 0 Å². The number of aryl methyl sites for hydroxylation is 1. The number of carbonyl (C=O) groups is 1. The third-order valence-electron chi connectivity index (χ3n) is 4.70. The number of rotatable bonds is 9. The summed E-state index contributed by atoms with van der Waals surface area (Å²) < 4.78 is 10.6. The van der Waals surface area contributed by atoms with Gasteiger partial charge in [0.05, 0.1) is 19.8 Å². The minimum absolute atomic E-state index is 0.0993. The van der Waals surface area contributed by atoms with Gasteiger partial charge in [0.1, 0.15) is 11.5 Å². The number of methoxy groups -OCH3 is 2. The lowest BCUT2D eigenvalue weighted by atomic mass is 9.98. The van der Waals surface area contributed by atoms with Gasteiger partial charge in [0, 0.05) is 12.5 Å². The number of nitrogens with one attached hydrogen (secondary N) is 2. The van der Waals surface area contributed by atoms with Crippen molar-refractivity contribution in [3.63, 3.8) is 0 Å². The van der Waals surface area contributed by atoms with Gasteiger partial charge in [-0.2, -0.15) is 4.98 Å². The zero-order chi connectivity index (χ0) is 20.6. The molecule has 2 N–H and O–H groups in total. The van der Waals surface area contributed by atoms with Gasteiger partial charge in [0.15, 0.2) is 5.82 Å². The standard InChI is InChI=1S/C22H26N4O3/c1-15(9-10-16-7-5-4-6-8-16)13-20(27)23-22-24-21(25-26-22)18-12-11-17(28-2)14-19(18)29-3/h4-8,11-12,14-15H,9-10,13H2,1-3H3,(H2,23,24,25,26,27). The highest BCUT2D eigenvalue weighted by atomic mass is 16.5. The Hall–Kier alpha value is -3.35. The number of benzene rings is 2. The first-order valence-corrected chi connectivity index (χ1v) is 9.57. The summed E-state index contributed by atoms with van der Waals surface area (Å²) in [4.78, 5) is 16.7. The summed E-state index contributed by atoms with van der Waals surface area (Å²) in [6, 6.07) is 15.7. The lowest BCUT2D eigenvalue weighted by Crippen LogP contribution is -2.16. The average Bonchev–Trinajstić information content (AvgIpc) is 3.20. The van der Waals surface area contributed by atoms with Crippen molar-refractivity contribution in [3.8, 4) is 22.9 Å². The van der Waals surface area contributed by atoms with Gasteiger partial charge >= 0.3 is 0 Å². The van der Waals surface area contributed by atoms with E-state index in [4.69, 9.17) is 9.47 Å². The monoisotopic (exact) mass is 394 g/mol. The lowest BCUT2D eigenvalue weighted by molar-refractivity contribution is -0.117. The van der Waals surface area contributed by atoms with Crippen LogP contribution in [0.2, 0.25) is 0 Å². The maximum atomic E-state index is 12.3. The molecule has 1 amide bonds. The van der Waals surface area contributed by atoms with Crippen molar-refractivity contribution < 1.29 is 14.3 Å². The molecule has 0 aliphatic heterocycles. The van der Waals surface area contributed by atoms with Crippen molar-refractivity contribution >= 4 is 11.9 Å². The summed E-state index contributed by atoms with van der Waals surface area (Å²) in [5, 5.41) is 9.70. The number of ether oxygens (including phenoxy) is 2. The summed E-state index contributed by atoms with van der Waals surface area (Å²) in [5.74, 6) is 2.21. The molecule has 0 bridgehead atoms. The number of carbonyl (C=O) groups excluding carboxylic acids is 1. The molecule has 0 spiro atoms. The number of hydrogen-bond donors (Lipinski definition) is 2. The molecule has 1 aromatic heterocycles. The molecule has 1 atom stereocenters. The van der Waals surface area contributed by atoms with Gasteiger partial charge in [0.25, 0.3) is 0 Å². The molecule has 29 heavy (non-hydrogen) atoms. The highest BCUT2D eigenvalue weighted by molar-refractivity contribution is 5.89. The largest absolute Gasteiger partial charge is 0.497 e. The number of H-pyrrole nitrogens is 1. The van der Waals surface area contributed by atoms with Crippen molar-refractivity contribution in [2.24, 2.45) is 5.92 Å². The van der Waals surface area contributed by atoms with Crippen LogP contribution in [-0.4, -0.2) is 35.3 Å². The Kier molecular flexibility index (Phi) is 6.84. The van der Waals surface area contributed by atoms with Gasteiger partial charge in [-0.1, -0.05) is 37.3 Å². The van der Waals surface area contributed by atoms with Crippen molar-refractivity contribution in [3.05, 3.63) is 54.1 Å². The number of anilines is 1. The minimum Gasteiger partial charge on any atom is -0.497 e. The number of nitrogens with zero attached hydrogens (tertiary/aromatic N) is 2. The van der Waals surface area contributed by atoms with Crippen molar-refractivity contribution in [1.82, 2.24) is 15.2 Å². The maximum Gasteiger partial charge on any atom is 0.249 e. The van der Waals surface area contributed by atoms with Crippen LogP contribution < -0.4 is 14.8 Å². The fourth-order valence-electron chi connectivity index (χ4n) is 3.08. The van der Waals surface area contributed by atoms with E-state index in [0.29, 0.717) is 23.7 Å². The van der Waals surface area contributed by atoms with E-state index >= 15 is 0 Å². The molecule has 1 heterocycles. The Labute approximate surface area is 170 Å². The zero-order valence-electron chi connectivity index (χ0n) is 16.9. The molecule has 0 fully saturated rings. The van der Waals surface area contributed by atoms with E-state index in [-0.39, 0.29) is 17.8 Å². The van der Waals surface area contributed by atoms with Crippen LogP contribution >= 0.6 is 0 Å². The van der Waals surface area contributed by atoms with Gasteiger partial charge < -0.3 is 9.47 Å². The molecule has 3 aromatic rings. The minimum atomic E-state index is -0.0993. The SMILES string of the molecule is COc1ccc(-c2nc(NC(=O)CC(C)CCc3ccccc3)n[nH]2)c(OC)c1. The van der Waals surface area contributed by atoms with Crippen molar-refractivity contribution in [2.75, 3.05) is 19.5 Å². The lowest BCUT2D eigenvalue weighted by Gasteiger charge is -2.10. The van der Waals surface area contributed by atoms with E-state index in [1.165, 1.54) is 5.56 Å². The van der Waals surface area contributed by atoms with Crippen molar-refractivity contribution in [2.45, 2.75) is 26.2 Å². The van der Waals surface area contributed by atoms with E-state index in [1.54, 1.807) is 20.3 Å². The Bertz CT molecular complexity index is 940. The zero-order valence-corrected chi connectivity index (χ0v) is 16.9. The average molecular weight is 394 g/mol. The van der Waals surface area contributed by atoms with Crippen LogP contribution in [0.15, 0.2) is 48.5 Å². The van der Waals surface area contributed by atoms with Gasteiger partial charge in [-0.3, -0.25) is 15.2 Å². The first-order valence-electron chi connectivity index (χ1n) is 9.57. The van der Waals surface area contributed by atoms with Crippen LogP contribution in [0.3, 0.4) is 0 Å². The quantitative estimate of drug-likeness (QED) is 0.571. The Balaban J connectivity index is 1.56. The van der Waals surface area contributed by atoms with E-state index in [2.05, 4.69) is 39.6 Å². The highest BCUT2D eigenvalue weighted by Gasteiger charge is 2.15. The van der Waals surface area contributed by atoms with E-state index in [1.807, 2.05) is 30.3 Å². The predicted molar refractivity (Wildman–Crippen MR) is 112 cm³/mol. The summed E-state index contributed by atoms with van der Waals surface area (Å²) >= 11 is 0. The van der Waals surface area contributed by atoms with E-state index < -0.39 is 0 Å². The summed E-state index contributed by atoms with van der Waals surface area (Å²) in [6.07, 6.45) is 2.32. The second-order valence-corrected chi connectivity index (χ2v) is 6.96. The third-order valence-corrected chi connectivity index (χ3v) is 4.70. The maximum absolute atomic E-state index is 12.3. The third kappa shape index (κ3) is 5.57. The Morgan fingerprint density at radius 2 is 1.93 bits per heavy atom. The van der Waals surface area contributed by atoms with Crippen LogP contribution in [0.5, 0.6) is 11.5 Å². The molecule has 152 valence electrons. The fraction of sp³-hybridized carbons (Fsp3) is 0.318. The second kappa shape index (κ2) is 9.73. The summed E-state index contributed by atoms with van der Waals surface area (Å²) in [6.45, 7) is 2.08. The second-order valence-electron chi connectivity index (χ2n) is 6.96. The number of amides is 1. The van der Waals surface area contributed by atoms with Crippen molar-refractivity contribution in [1.29, 1.82) is 0 Å². The summed E-state index contributed by atoms with van der Waals surface area (Å²) in [7, 11) is 3.17. The molecule has 0 radical (unpaired) electrons. The number of hydrogen-bond acceptors (Lipinski definition) is 5. The van der Waals surface area contributed by atoms with Crippen LogP contribution in [0.4, 0.5) is 5.95 Å². The summed E-state index contributed by atoms with van der Waals surface area (Å²) in [5.41, 5.74) is 2.02. The van der Waals surface area contributed by atoms with Gasteiger partial charge in [-0.15, -0.1) is 5.10 Å². The first kappa shape index (κ1) is 20.4. The van der Waals surface area contributed by atoms with Crippen LogP contribution in [0.1, 0.15) is 25.3 Å². The van der Waals surface area contributed by atoms with Crippen LogP contribution in [0.25, 0.3) is 11.4 Å². The molecule has 1 unspecified atom stereocenters. The molecule has 7 heteroatoms. The fourth-order valence-corrected chi connectivity index (χ4v) is 3.08. The molecular formula is C22H26N4O3. The van der Waals surface area contributed by atoms with E-state index in [9.17, 15) is 4.79 Å². The Morgan fingerprint density at radius 3 is 2.66 bits per heavy atom. The Morgan fingerprint density at radius 1 is 1.14 bits per heavy atom. The molecule has 3 rings (SSSR count). The molecule has 2 aromatic carbocycles. The molecule has 0 aliphatic carbocycles. The normalized spacial score (nSPS) is 11.7. The van der Waals surface area contributed by atoms with Crippen LogP contribution in [-0.2, 0) is 11.2 Å². The van der Waals surface area contributed by atoms with E-state index in [0.717, 1.165) is 18.4 Å². The molecular weight excluding hydrogens is 368 g/mol. The highest BCUT2D eigenvalue weighted by Crippen LogP contribution is 2.31. The predicted octanol–water partition coefficient (Wildman–Crippen LogP) is 4.09. The smallest absolute Gasteiger partial charge is 0.249 e. The topological polar surface area (TPSA) is 89.1 Å². The van der Waals surface area contributed by atoms with Gasteiger partial charge in [-0.05, 0) is 36.5 Å².